The summed E-state index contributed by atoms with van der Waals surface area (Å²) in [4.78, 5) is 0. The van der Waals surface area contributed by atoms with Gasteiger partial charge in [0.1, 0.15) is 0 Å². The van der Waals surface area contributed by atoms with E-state index in [-0.39, 0.29) is 0 Å². The lowest BCUT2D eigenvalue weighted by Gasteiger charge is -2.41. The van der Waals surface area contributed by atoms with Crippen molar-refractivity contribution in [2.24, 2.45) is 29.1 Å². The Kier molecular flexibility index (Phi) is 5.95. The number of hydrogen-bond acceptors (Lipinski definition) is 0. The highest BCUT2D eigenvalue weighted by Gasteiger charge is 2.57. The summed E-state index contributed by atoms with van der Waals surface area (Å²) in [6.07, 6.45) is 13.1. The molecule has 6 atom stereocenters. The van der Waals surface area contributed by atoms with Crippen LogP contribution in [0.3, 0.4) is 0 Å². The molecule has 7 aromatic carbocycles. The molecule has 0 heterocycles. The maximum atomic E-state index is 2.69. The zero-order valence-electron chi connectivity index (χ0n) is 29.7. The predicted octanol–water partition coefficient (Wildman–Crippen LogP) is 12.7. The van der Waals surface area contributed by atoms with Crippen LogP contribution in [-0.4, -0.2) is 0 Å². The Hall–Kier alpha value is -3.90. The molecule has 49 heavy (non-hydrogen) atoms. The molecule has 11 rings (SSSR count). The number of rotatable bonds is 2. The molecular formula is C49H48. The van der Waals surface area contributed by atoms with Crippen molar-refractivity contribution in [3.8, 4) is 0 Å². The van der Waals surface area contributed by atoms with Gasteiger partial charge in [-0.3, -0.25) is 0 Å². The third-order valence-corrected chi connectivity index (χ3v) is 15.1. The first-order chi connectivity index (χ1) is 23.8. The first-order valence-electron chi connectivity index (χ1n) is 19.5. The van der Waals surface area contributed by atoms with Crippen LogP contribution in [0.25, 0.3) is 59.9 Å². The molecule has 0 bridgehead atoms. The highest BCUT2D eigenvalue weighted by atomic mass is 14.6. The molecule has 0 aromatic heterocycles. The summed E-state index contributed by atoms with van der Waals surface area (Å²) in [5.41, 5.74) is 8.03. The van der Waals surface area contributed by atoms with E-state index in [9.17, 15) is 0 Å². The van der Waals surface area contributed by atoms with Gasteiger partial charge in [-0.05, 0) is 193 Å². The van der Waals surface area contributed by atoms with Gasteiger partial charge in [-0.15, -0.1) is 0 Å². The van der Waals surface area contributed by atoms with E-state index in [4.69, 9.17) is 0 Å². The van der Waals surface area contributed by atoms with E-state index in [2.05, 4.69) is 113 Å². The van der Waals surface area contributed by atoms with E-state index >= 15 is 0 Å². The third kappa shape index (κ3) is 3.93. The third-order valence-electron chi connectivity index (χ3n) is 15.1. The summed E-state index contributed by atoms with van der Waals surface area (Å²) in [7, 11) is 0. The smallest absolute Gasteiger partial charge is 0.00213 e. The fourth-order valence-corrected chi connectivity index (χ4v) is 13.0. The van der Waals surface area contributed by atoms with Gasteiger partial charge in [0.2, 0.25) is 0 Å². The van der Waals surface area contributed by atoms with Gasteiger partial charge in [0.25, 0.3) is 0 Å². The average molecular weight is 637 g/mol. The summed E-state index contributed by atoms with van der Waals surface area (Å²) < 4.78 is 0. The molecular weight excluding hydrogens is 589 g/mol. The second-order valence-electron chi connectivity index (χ2n) is 17.6. The Morgan fingerprint density at radius 3 is 1.94 bits per heavy atom. The van der Waals surface area contributed by atoms with Gasteiger partial charge in [0.15, 0.2) is 0 Å². The van der Waals surface area contributed by atoms with Crippen LogP contribution in [0.1, 0.15) is 98.4 Å². The van der Waals surface area contributed by atoms with Crippen LogP contribution >= 0.6 is 0 Å². The largest absolute Gasteiger partial charge is 0.0763 e. The summed E-state index contributed by atoms with van der Waals surface area (Å²) in [6.45, 7) is 9.98. The van der Waals surface area contributed by atoms with Crippen molar-refractivity contribution in [2.45, 2.75) is 90.9 Å². The molecule has 3 fully saturated rings. The van der Waals surface area contributed by atoms with E-state index in [1.807, 2.05) is 0 Å². The maximum absolute atomic E-state index is 2.69. The van der Waals surface area contributed by atoms with Gasteiger partial charge >= 0.3 is 0 Å². The zero-order chi connectivity index (χ0) is 32.8. The summed E-state index contributed by atoms with van der Waals surface area (Å²) >= 11 is 0. The number of benzene rings is 7. The minimum absolute atomic E-state index is 0.377. The molecule has 2 unspecified atom stereocenters. The zero-order valence-corrected chi connectivity index (χ0v) is 29.7. The molecule has 0 aliphatic heterocycles. The second kappa shape index (κ2) is 10.1. The van der Waals surface area contributed by atoms with Crippen LogP contribution in [0, 0.1) is 42.9 Å². The van der Waals surface area contributed by atoms with Crippen molar-refractivity contribution in [3.05, 3.63) is 112 Å². The monoisotopic (exact) mass is 636 g/mol. The minimum atomic E-state index is 0.377. The van der Waals surface area contributed by atoms with Crippen molar-refractivity contribution >= 4 is 59.9 Å². The van der Waals surface area contributed by atoms with E-state index in [0.29, 0.717) is 17.3 Å². The molecule has 7 aromatic rings. The van der Waals surface area contributed by atoms with Crippen molar-refractivity contribution in [3.63, 3.8) is 0 Å². The quantitative estimate of drug-likeness (QED) is 0.166. The van der Waals surface area contributed by atoms with Crippen LogP contribution in [0.5, 0.6) is 0 Å². The van der Waals surface area contributed by atoms with Crippen LogP contribution < -0.4 is 5.22 Å². The van der Waals surface area contributed by atoms with Gasteiger partial charge in [-0.25, -0.2) is 0 Å². The normalized spacial score (nSPS) is 27.7. The van der Waals surface area contributed by atoms with Crippen LogP contribution in [-0.2, 0) is 6.42 Å². The average Bonchev–Trinajstić information content (AvgIpc) is 3.34. The number of aryl methyl sites for hydroxylation is 3. The van der Waals surface area contributed by atoms with Crippen molar-refractivity contribution in [2.75, 3.05) is 0 Å². The first kappa shape index (κ1) is 28.9. The molecule has 0 heteroatoms. The Morgan fingerprint density at radius 1 is 0.551 bits per heavy atom. The molecule has 0 radical (unpaired) electrons. The summed E-state index contributed by atoms with van der Waals surface area (Å²) in [5, 5.41) is 16.3. The van der Waals surface area contributed by atoms with Gasteiger partial charge in [0.05, 0.1) is 0 Å². The number of hydrogen-bond donors (Lipinski definition) is 0. The van der Waals surface area contributed by atoms with E-state index in [0.717, 1.165) is 23.7 Å². The molecule has 0 spiro atoms. The fourth-order valence-electron chi connectivity index (χ4n) is 13.0. The standard InChI is InChI=1S/C49H48/c1-27-22-34-14-16-36-28(2)24-42(41-21-15-35(23-27)46(34)48(36)41)33-13-19-39-38-18-12-32(25-43(38)49(3,4)44(39)26-33)37-17-10-31-9-8-29-6-5-7-30-11-20-40(37)47(31)45(29)30/h7-11,14-17,20-24,32-33,38-39,43-44H,5-6,12-13,18-19,25-26H2,1-4H3/t32?,33-,38+,39-,43+,44?/m0/s1. The highest BCUT2D eigenvalue weighted by Crippen LogP contribution is 2.66. The second-order valence-corrected chi connectivity index (χ2v) is 17.6. The lowest BCUT2D eigenvalue weighted by atomic mass is 9.63. The molecule has 0 saturated heterocycles. The molecule has 4 aliphatic rings. The first-order valence-corrected chi connectivity index (χ1v) is 19.5. The molecule has 3 saturated carbocycles. The minimum Gasteiger partial charge on any atom is -0.0763 e. The van der Waals surface area contributed by atoms with Gasteiger partial charge in [0, 0.05) is 0 Å². The lowest BCUT2D eigenvalue weighted by Crippen LogP contribution is -2.32. The molecule has 244 valence electrons. The summed E-state index contributed by atoms with van der Waals surface area (Å²) in [6, 6.07) is 31.7. The van der Waals surface area contributed by atoms with Crippen LogP contribution in [0.2, 0.25) is 0 Å². The Bertz CT molecular complexity index is 2530. The SMILES string of the molecule is Cc1cc2ccc3c(C)cc([C@H]4CC[C@@H]5C(C4)C(C)(C)[C@@H]4CC(c6ccc7ccc8c9c(ccc6c79)=CCC8)CC[C@H]54)c4ccc(c1)c2c34. The molecule has 0 N–H and O–H groups in total. The van der Waals surface area contributed by atoms with E-state index in [1.165, 1.54) is 105 Å². The topological polar surface area (TPSA) is 0 Å². The van der Waals surface area contributed by atoms with Crippen LogP contribution in [0.15, 0.2) is 78.9 Å². The molecule has 0 amide bonds. The van der Waals surface area contributed by atoms with Crippen LogP contribution in [0.4, 0.5) is 0 Å². The number of fused-ring (bicyclic) bond motifs is 3. The van der Waals surface area contributed by atoms with Crippen molar-refractivity contribution in [1.82, 2.24) is 0 Å². The molecule has 0 nitrogen and oxygen atoms in total. The summed E-state index contributed by atoms with van der Waals surface area (Å²) in [5.74, 6) is 4.77. The van der Waals surface area contributed by atoms with Crippen molar-refractivity contribution < 1.29 is 0 Å². The van der Waals surface area contributed by atoms with Gasteiger partial charge < -0.3 is 0 Å². The molecule has 4 aliphatic carbocycles. The Balaban J connectivity index is 0.948. The lowest BCUT2D eigenvalue weighted by molar-refractivity contribution is 0.112. The fraction of sp³-hybridized carbons (Fsp3) is 0.388. The Labute approximate surface area is 290 Å². The maximum Gasteiger partial charge on any atom is -0.00213 e. The van der Waals surface area contributed by atoms with E-state index in [1.54, 1.807) is 32.8 Å². The Morgan fingerprint density at radius 2 is 1.18 bits per heavy atom. The van der Waals surface area contributed by atoms with Crippen molar-refractivity contribution in [1.29, 1.82) is 0 Å². The predicted molar refractivity (Wildman–Crippen MR) is 210 cm³/mol. The van der Waals surface area contributed by atoms with E-state index < -0.39 is 0 Å². The highest BCUT2D eigenvalue weighted by molar-refractivity contribution is 6.24. The van der Waals surface area contributed by atoms with Gasteiger partial charge in [-0.2, -0.15) is 0 Å². The van der Waals surface area contributed by atoms with Gasteiger partial charge in [-0.1, -0.05) is 98.8 Å².